The Balaban J connectivity index is 3.62. The van der Waals surface area contributed by atoms with Gasteiger partial charge in [-0.05, 0) is 12.8 Å². The minimum absolute atomic E-state index is 0.380. The van der Waals surface area contributed by atoms with E-state index in [1.807, 2.05) is 45.1 Å². The van der Waals surface area contributed by atoms with Crippen LogP contribution in [-0.4, -0.2) is 5.71 Å². The molecule has 1 heteroatoms. The van der Waals surface area contributed by atoms with Gasteiger partial charge < -0.3 is 5.41 Å². The van der Waals surface area contributed by atoms with Crippen molar-refractivity contribution in [1.29, 1.82) is 5.41 Å². The molecule has 0 heterocycles. The summed E-state index contributed by atoms with van der Waals surface area (Å²) >= 11 is 0. The van der Waals surface area contributed by atoms with Gasteiger partial charge in [-0.3, -0.25) is 0 Å². The van der Waals surface area contributed by atoms with Crippen molar-refractivity contribution in [3.8, 4) is 0 Å². The van der Waals surface area contributed by atoms with Gasteiger partial charge >= 0.3 is 0 Å². The van der Waals surface area contributed by atoms with E-state index in [1.54, 1.807) is 0 Å². The van der Waals surface area contributed by atoms with Crippen molar-refractivity contribution in [1.82, 2.24) is 0 Å². The predicted octanol–water partition coefficient (Wildman–Crippen LogP) is 3.18. The van der Waals surface area contributed by atoms with Gasteiger partial charge in [-0.2, -0.15) is 0 Å². The van der Waals surface area contributed by atoms with Crippen LogP contribution in [0.4, 0.5) is 0 Å². The van der Waals surface area contributed by atoms with Crippen molar-refractivity contribution >= 4 is 5.71 Å². The third-order valence-electron chi connectivity index (χ3n) is 1.47. The van der Waals surface area contributed by atoms with Gasteiger partial charge in [-0.1, -0.05) is 38.2 Å². The number of nitrogens with one attached hydrogen (secondary N) is 1. The Morgan fingerprint density at radius 2 is 2.00 bits per heavy atom. The third kappa shape index (κ3) is 5.59. The van der Waals surface area contributed by atoms with Crippen molar-refractivity contribution in [3.05, 3.63) is 24.3 Å². The van der Waals surface area contributed by atoms with Crippen molar-refractivity contribution in [2.24, 2.45) is 5.92 Å². The van der Waals surface area contributed by atoms with E-state index in [1.165, 1.54) is 0 Å². The monoisotopic (exact) mass is 151 g/mol. The standard InChI is InChI=1S/C10H17N/c1-4-5-6-7-8-10(11)9(2)3/h4-7,9,11H,8H2,1-3H3/b5-4-,7-6-,11-10?. The summed E-state index contributed by atoms with van der Waals surface area (Å²) in [6.45, 7) is 6.08. The molecule has 0 fully saturated rings. The Morgan fingerprint density at radius 3 is 2.45 bits per heavy atom. The van der Waals surface area contributed by atoms with Crippen LogP contribution in [0.3, 0.4) is 0 Å². The molecule has 62 valence electrons. The minimum atomic E-state index is 0.380. The van der Waals surface area contributed by atoms with Crippen LogP contribution in [0.25, 0.3) is 0 Å². The smallest absolute Gasteiger partial charge is 0.0152 e. The lowest BCUT2D eigenvalue weighted by Crippen LogP contribution is -2.03. The molecule has 0 aliphatic heterocycles. The molecule has 0 aliphatic rings. The van der Waals surface area contributed by atoms with Crippen LogP contribution < -0.4 is 0 Å². The molecule has 0 saturated carbocycles. The maximum absolute atomic E-state index is 7.50. The second-order valence-corrected chi connectivity index (χ2v) is 2.84. The van der Waals surface area contributed by atoms with Gasteiger partial charge in [0.25, 0.3) is 0 Å². The molecule has 0 saturated heterocycles. The summed E-state index contributed by atoms with van der Waals surface area (Å²) in [4.78, 5) is 0. The first-order chi connectivity index (χ1) is 5.18. The van der Waals surface area contributed by atoms with Crippen LogP contribution in [0, 0.1) is 11.3 Å². The van der Waals surface area contributed by atoms with Gasteiger partial charge in [0.05, 0.1) is 0 Å². The Labute approximate surface area is 69.3 Å². The van der Waals surface area contributed by atoms with Crippen LogP contribution in [0.5, 0.6) is 0 Å². The minimum Gasteiger partial charge on any atom is -0.309 e. The maximum Gasteiger partial charge on any atom is 0.0152 e. The van der Waals surface area contributed by atoms with E-state index in [2.05, 4.69) is 0 Å². The summed E-state index contributed by atoms with van der Waals surface area (Å²) in [5, 5.41) is 7.50. The van der Waals surface area contributed by atoms with Crippen molar-refractivity contribution in [2.75, 3.05) is 0 Å². The van der Waals surface area contributed by atoms with Crippen molar-refractivity contribution in [2.45, 2.75) is 27.2 Å². The summed E-state index contributed by atoms with van der Waals surface area (Å²) < 4.78 is 0. The van der Waals surface area contributed by atoms with Crippen LogP contribution >= 0.6 is 0 Å². The molecule has 0 unspecified atom stereocenters. The molecule has 1 N–H and O–H groups in total. The first kappa shape index (κ1) is 10.2. The van der Waals surface area contributed by atoms with E-state index in [0.29, 0.717) is 5.92 Å². The van der Waals surface area contributed by atoms with Gasteiger partial charge in [0.2, 0.25) is 0 Å². The first-order valence-electron chi connectivity index (χ1n) is 4.03. The van der Waals surface area contributed by atoms with Crippen LogP contribution in [0.1, 0.15) is 27.2 Å². The van der Waals surface area contributed by atoms with E-state index in [-0.39, 0.29) is 0 Å². The Hall–Kier alpha value is -0.850. The zero-order valence-corrected chi connectivity index (χ0v) is 7.59. The number of hydrogen-bond donors (Lipinski definition) is 1. The molecule has 0 aromatic rings. The molecule has 0 aromatic carbocycles. The molecule has 0 rings (SSSR count). The molecule has 0 bridgehead atoms. The summed E-state index contributed by atoms with van der Waals surface area (Å²) in [5.74, 6) is 0.380. The summed E-state index contributed by atoms with van der Waals surface area (Å²) in [6.07, 6.45) is 8.74. The zero-order chi connectivity index (χ0) is 8.69. The third-order valence-corrected chi connectivity index (χ3v) is 1.47. The molecule has 0 spiro atoms. The Bertz CT molecular complexity index is 164. The van der Waals surface area contributed by atoms with Gasteiger partial charge in [0.1, 0.15) is 0 Å². The molecule has 0 amide bonds. The van der Waals surface area contributed by atoms with Crippen molar-refractivity contribution < 1.29 is 0 Å². The fraction of sp³-hybridized carbons (Fsp3) is 0.500. The topological polar surface area (TPSA) is 23.9 Å². The first-order valence-corrected chi connectivity index (χ1v) is 4.03. The van der Waals surface area contributed by atoms with Crippen LogP contribution in [-0.2, 0) is 0 Å². The van der Waals surface area contributed by atoms with Crippen LogP contribution in [0.2, 0.25) is 0 Å². The van der Waals surface area contributed by atoms with Gasteiger partial charge in [-0.15, -0.1) is 0 Å². The van der Waals surface area contributed by atoms with Gasteiger partial charge in [-0.25, -0.2) is 0 Å². The zero-order valence-electron chi connectivity index (χ0n) is 7.59. The quantitative estimate of drug-likeness (QED) is 0.471. The van der Waals surface area contributed by atoms with Crippen LogP contribution in [0.15, 0.2) is 24.3 Å². The SMILES string of the molecule is C/C=C\C=C/CC(=N)C(C)C. The number of allylic oxidation sites excluding steroid dienone is 4. The molecular weight excluding hydrogens is 134 g/mol. The highest BCUT2D eigenvalue weighted by molar-refractivity contribution is 5.84. The lowest BCUT2D eigenvalue weighted by atomic mass is 10.1. The number of hydrogen-bond acceptors (Lipinski definition) is 1. The molecular formula is C10H17N. The van der Waals surface area contributed by atoms with E-state index in [9.17, 15) is 0 Å². The fourth-order valence-electron chi connectivity index (χ4n) is 0.620. The molecule has 0 aliphatic carbocycles. The Morgan fingerprint density at radius 1 is 1.36 bits per heavy atom. The lowest BCUT2D eigenvalue weighted by molar-refractivity contribution is 0.859. The Kier molecular flexibility index (Phi) is 5.44. The second kappa shape index (κ2) is 5.90. The summed E-state index contributed by atoms with van der Waals surface area (Å²) in [7, 11) is 0. The average Bonchev–Trinajstić information content (AvgIpc) is 1.97. The van der Waals surface area contributed by atoms with E-state index in [4.69, 9.17) is 5.41 Å². The fourth-order valence-corrected chi connectivity index (χ4v) is 0.620. The highest BCUT2D eigenvalue weighted by atomic mass is 14.4. The summed E-state index contributed by atoms with van der Waals surface area (Å²) in [5.41, 5.74) is 0.797. The van der Waals surface area contributed by atoms with Crippen molar-refractivity contribution in [3.63, 3.8) is 0 Å². The lowest BCUT2D eigenvalue weighted by Gasteiger charge is -2.02. The molecule has 11 heavy (non-hydrogen) atoms. The largest absolute Gasteiger partial charge is 0.309 e. The number of rotatable bonds is 4. The summed E-state index contributed by atoms with van der Waals surface area (Å²) in [6, 6.07) is 0. The van der Waals surface area contributed by atoms with E-state index < -0.39 is 0 Å². The highest BCUT2D eigenvalue weighted by Crippen LogP contribution is 1.99. The molecule has 0 radical (unpaired) electrons. The highest BCUT2D eigenvalue weighted by Gasteiger charge is 1.97. The molecule has 0 atom stereocenters. The molecule has 1 nitrogen and oxygen atoms in total. The van der Waals surface area contributed by atoms with Gasteiger partial charge in [0.15, 0.2) is 0 Å². The normalized spacial score (nSPS) is 12.0. The average molecular weight is 151 g/mol. The predicted molar refractivity (Wildman–Crippen MR) is 51.1 cm³/mol. The van der Waals surface area contributed by atoms with E-state index >= 15 is 0 Å². The second-order valence-electron chi connectivity index (χ2n) is 2.84. The molecule has 0 aromatic heterocycles. The van der Waals surface area contributed by atoms with Gasteiger partial charge in [0, 0.05) is 12.1 Å². The van der Waals surface area contributed by atoms with E-state index in [0.717, 1.165) is 12.1 Å². The maximum atomic E-state index is 7.50.